The molecular formula is C12H13NO5. The number of carbonyl (C=O) groups excluding carboxylic acids is 1. The topological polar surface area (TPSA) is 98.1 Å². The summed E-state index contributed by atoms with van der Waals surface area (Å²) in [6.07, 6.45) is 1.05. The molecule has 1 aliphatic heterocycles. The lowest BCUT2D eigenvalue weighted by Crippen LogP contribution is -2.40. The van der Waals surface area contributed by atoms with Gasteiger partial charge in [0.15, 0.2) is 0 Å². The lowest BCUT2D eigenvalue weighted by Gasteiger charge is -2.21. The van der Waals surface area contributed by atoms with Crippen molar-refractivity contribution in [2.75, 3.05) is 6.54 Å². The molecule has 0 radical (unpaired) electrons. The van der Waals surface area contributed by atoms with Gasteiger partial charge in [0.25, 0.3) is 5.91 Å². The van der Waals surface area contributed by atoms with E-state index in [1.165, 1.54) is 17.0 Å². The summed E-state index contributed by atoms with van der Waals surface area (Å²) in [7, 11) is 0. The number of hydrogen-bond donors (Lipinski definition) is 3. The van der Waals surface area contributed by atoms with Crippen LogP contribution in [0.5, 0.6) is 11.5 Å². The smallest absolute Gasteiger partial charge is 0.326 e. The number of carbonyl (C=O) groups is 2. The lowest BCUT2D eigenvalue weighted by molar-refractivity contribution is -0.141. The van der Waals surface area contributed by atoms with E-state index in [9.17, 15) is 19.8 Å². The van der Waals surface area contributed by atoms with Crippen molar-refractivity contribution in [3.63, 3.8) is 0 Å². The molecule has 0 aliphatic carbocycles. The van der Waals surface area contributed by atoms with Crippen LogP contribution in [-0.4, -0.2) is 44.7 Å². The van der Waals surface area contributed by atoms with Crippen molar-refractivity contribution < 1.29 is 24.9 Å². The van der Waals surface area contributed by atoms with E-state index < -0.39 is 17.9 Å². The normalized spacial score (nSPS) is 18.9. The van der Waals surface area contributed by atoms with E-state index >= 15 is 0 Å². The first-order chi connectivity index (χ1) is 8.49. The standard InChI is InChI=1S/C12H13NO5/c14-8-4-7(5-9(15)6-8)11(16)13-3-1-2-10(13)12(17)18/h4-6,10,14-15H,1-3H2,(H,17,18)/t10-/m0/s1. The van der Waals surface area contributed by atoms with Crippen molar-refractivity contribution in [3.8, 4) is 11.5 Å². The van der Waals surface area contributed by atoms with Crippen LogP contribution < -0.4 is 0 Å². The molecule has 1 fully saturated rings. The van der Waals surface area contributed by atoms with Crippen LogP contribution in [0.25, 0.3) is 0 Å². The van der Waals surface area contributed by atoms with Crippen LogP contribution >= 0.6 is 0 Å². The summed E-state index contributed by atoms with van der Waals surface area (Å²) < 4.78 is 0. The molecule has 1 aliphatic rings. The monoisotopic (exact) mass is 251 g/mol. The van der Waals surface area contributed by atoms with Crippen molar-refractivity contribution in [2.24, 2.45) is 0 Å². The first kappa shape index (κ1) is 12.2. The number of rotatable bonds is 2. The van der Waals surface area contributed by atoms with Gasteiger partial charge < -0.3 is 20.2 Å². The van der Waals surface area contributed by atoms with Gasteiger partial charge in [-0.3, -0.25) is 4.79 Å². The van der Waals surface area contributed by atoms with Crippen LogP contribution in [0.1, 0.15) is 23.2 Å². The average molecular weight is 251 g/mol. The van der Waals surface area contributed by atoms with Gasteiger partial charge in [0.2, 0.25) is 0 Å². The molecule has 6 nitrogen and oxygen atoms in total. The summed E-state index contributed by atoms with van der Waals surface area (Å²) in [5.74, 6) is -2.00. The lowest BCUT2D eigenvalue weighted by atomic mass is 10.1. The minimum atomic E-state index is -1.04. The Hall–Kier alpha value is -2.24. The van der Waals surface area contributed by atoms with Crippen molar-refractivity contribution in [2.45, 2.75) is 18.9 Å². The first-order valence-electron chi connectivity index (χ1n) is 5.56. The number of hydrogen-bond acceptors (Lipinski definition) is 4. The molecule has 0 spiro atoms. The van der Waals surface area contributed by atoms with Crippen LogP contribution in [-0.2, 0) is 4.79 Å². The van der Waals surface area contributed by atoms with Gasteiger partial charge in [0.05, 0.1) is 0 Å². The second-order valence-electron chi connectivity index (χ2n) is 4.23. The summed E-state index contributed by atoms with van der Waals surface area (Å²) >= 11 is 0. The maximum Gasteiger partial charge on any atom is 0.326 e. The summed E-state index contributed by atoms with van der Waals surface area (Å²) in [6, 6.07) is 2.69. The van der Waals surface area contributed by atoms with Crippen LogP contribution in [0.4, 0.5) is 0 Å². The highest BCUT2D eigenvalue weighted by Gasteiger charge is 2.34. The highest BCUT2D eigenvalue weighted by atomic mass is 16.4. The maximum atomic E-state index is 12.1. The number of carboxylic acids is 1. The zero-order valence-corrected chi connectivity index (χ0v) is 9.54. The minimum Gasteiger partial charge on any atom is -0.508 e. The Morgan fingerprint density at radius 3 is 2.33 bits per heavy atom. The number of likely N-dealkylation sites (tertiary alicyclic amines) is 1. The minimum absolute atomic E-state index is 0.0839. The molecule has 0 bridgehead atoms. The van der Waals surface area contributed by atoms with Gasteiger partial charge in [-0.15, -0.1) is 0 Å². The van der Waals surface area contributed by atoms with Crippen molar-refractivity contribution >= 4 is 11.9 Å². The molecule has 6 heteroatoms. The number of nitrogens with zero attached hydrogens (tertiary/aromatic N) is 1. The molecule has 0 aromatic heterocycles. The molecule has 3 N–H and O–H groups in total. The molecule has 1 atom stereocenters. The highest BCUT2D eigenvalue weighted by molar-refractivity contribution is 5.97. The SMILES string of the molecule is O=C(O)[C@@H]1CCCN1C(=O)c1cc(O)cc(O)c1. The Balaban J connectivity index is 2.28. The molecule has 1 amide bonds. The summed E-state index contributed by atoms with van der Waals surface area (Å²) in [6.45, 7) is 0.367. The van der Waals surface area contributed by atoms with E-state index in [1.54, 1.807) is 0 Å². The molecule has 96 valence electrons. The quantitative estimate of drug-likeness (QED) is 0.721. The predicted octanol–water partition coefficient (Wildman–Crippen LogP) is 0.787. The predicted molar refractivity (Wildman–Crippen MR) is 61.5 cm³/mol. The zero-order chi connectivity index (χ0) is 13.3. The fourth-order valence-electron chi connectivity index (χ4n) is 2.15. The molecule has 0 unspecified atom stereocenters. The van der Waals surface area contributed by atoms with Crippen molar-refractivity contribution in [1.82, 2.24) is 4.90 Å². The number of aromatic hydroxyl groups is 2. The number of phenolic OH excluding ortho intramolecular Hbond substituents is 2. The Bertz CT molecular complexity index is 479. The molecule has 1 aromatic carbocycles. The van der Waals surface area contributed by atoms with E-state index in [0.29, 0.717) is 19.4 Å². The molecule has 18 heavy (non-hydrogen) atoms. The zero-order valence-electron chi connectivity index (χ0n) is 9.54. The number of aliphatic carboxylic acids is 1. The Labute approximate surface area is 103 Å². The molecule has 0 saturated carbocycles. The molecular weight excluding hydrogens is 238 g/mol. The number of benzene rings is 1. The third kappa shape index (κ3) is 2.22. The van der Waals surface area contributed by atoms with Crippen LogP contribution in [0.2, 0.25) is 0 Å². The molecule has 2 rings (SSSR count). The average Bonchev–Trinajstić information content (AvgIpc) is 2.75. The van der Waals surface area contributed by atoms with E-state index in [-0.39, 0.29) is 17.1 Å². The Morgan fingerprint density at radius 1 is 1.17 bits per heavy atom. The highest BCUT2D eigenvalue weighted by Crippen LogP contribution is 2.25. The van der Waals surface area contributed by atoms with E-state index in [0.717, 1.165) is 6.07 Å². The van der Waals surface area contributed by atoms with Crippen LogP contribution in [0, 0.1) is 0 Å². The van der Waals surface area contributed by atoms with Crippen LogP contribution in [0.3, 0.4) is 0 Å². The second kappa shape index (κ2) is 4.56. The summed E-state index contributed by atoms with van der Waals surface area (Å²) in [5.41, 5.74) is 0.0839. The number of amides is 1. The van der Waals surface area contributed by atoms with E-state index in [4.69, 9.17) is 5.11 Å². The second-order valence-corrected chi connectivity index (χ2v) is 4.23. The van der Waals surface area contributed by atoms with Gasteiger partial charge in [-0.25, -0.2) is 4.79 Å². The molecule has 1 saturated heterocycles. The van der Waals surface area contributed by atoms with Gasteiger partial charge in [-0.05, 0) is 25.0 Å². The van der Waals surface area contributed by atoms with Crippen LogP contribution in [0.15, 0.2) is 18.2 Å². The Kier molecular flexibility index (Phi) is 3.10. The van der Waals surface area contributed by atoms with Gasteiger partial charge in [-0.1, -0.05) is 0 Å². The van der Waals surface area contributed by atoms with Gasteiger partial charge in [0, 0.05) is 18.2 Å². The van der Waals surface area contributed by atoms with Crippen molar-refractivity contribution in [1.29, 1.82) is 0 Å². The molecule has 1 aromatic rings. The summed E-state index contributed by atoms with van der Waals surface area (Å²) in [4.78, 5) is 24.3. The van der Waals surface area contributed by atoms with E-state index in [1.807, 2.05) is 0 Å². The summed E-state index contributed by atoms with van der Waals surface area (Å²) in [5, 5.41) is 27.6. The van der Waals surface area contributed by atoms with Gasteiger partial charge >= 0.3 is 5.97 Å². The fraction of sp³-hybridized carbons (Fsp3) is 0.333. The van der Waals surface area contributed by atoms with Gasteiger partial charge in [0.1, 0.15) is 17.5 Å². The van der Waals surface area contributed by atoms with Crippen molar-refractivity contribution in [3.05, 3.63) is 23.8 Å². The largest absolute Gasteiger partial charge is 0.508 e. The molecule has 1 heterocycles. The Morgan fingerprint density at radius 2 is 1.78 bits per heavy atom. The third-order valence-corrected chi connectivity index (χ3v) is 2.95. The van der Waals surface area contributed by atoms with E-state index in [2.05, 4.69) is 0 Å². The van der Waals surface area contributed by atoms with Gasteiger partial charge in [-0.2, -0.15) is 0 Å². The number of carboxylic acid groups (broad SMARTS) is 1. The first-order valence-corrected chi connectivity index (χ1v) is 5.56. The fourth-order valence-corrected chi connectivity index (χ4v) is 2.15. The third-order valence-electron chi connectivity index (χ3n) is 2.95. The maximum absolute atomic E-state index is 12.1. The number of phenols is 2.